The molecule has 2 aromatic rings. The molecule has 24 heavy (non-hydrogen) atoms. The molecule has 0 radical (unpaired) electrons. The summed E-state index contributed by atoms with van der Waals surface area (Å²) in [7, 11) is 0. The number of rotatable bonds is 6. The Bertz CT molecular complexity index is 765. The van der Waals surface area contributed by atoms with E-state index in [9.17, 15) is 18.4 Å². The third-order valence-corrected chi connectivity index (χ3v) is 3.29. The van der Waals surface area contributed by atoms with E-state index in [-0.39, 0.29) is 17.9 Å². The van der Waals surface area contributed by atoms with Gasteiger partial charge < -0.3 is 15.8 Å². The number of amides is 2. The van der Waals surface area contributed by atoms with Crippen molar-refractivity contribution < 1.29 is 23.1 Å². The molecule has 0 fully saturated rings. The lowest BCUT2D eigenvalue weighted by Gasteiger charge is -2.16. The molecule has 0 aliphatic carbocycles. The van der Waals surface area contributed by atoms with Gasteiger partial charge in [0, 0.05) is 0 Å². The van der Waals surface area contributed by atoms with E-state index in [2.05, 4.69) is 5.32 Å². The van der Waals surface area contributed by atoms with Gasteiger partial charge in [-0.05, 0) is 36.8 Å². The Morgan fingerprint density at radius 3 is 2.54 bits per heavy atom. The van der Waals surface area contributed by atoms with Crippen LogP contribution in [0.5, 0.6) is 5.75 Å². The summed E-state index contributed by atoms with van der Waals surface area (Å²) in [5, 5.41) is 2.66. The van der Waals surface area contributed by atoms with Crippen LogP contribution in [0.3, 0.4) is 0 Å². The van der Waals surface area contributed by atoms with E-state index < -0.39 is 29.5 Å². The van der Waals surface area contributed by atoms with Gasteiger partial charge in [0.1, 0.15) is 5.75 Å². The zero-order valence-electron chi connectivity index (χ0n) is 12.9. The van der Waals surface area contributed by atoms with Gasteiger partial charge in [-0.25, -0.2) is 8.78 Å². The van der Waals surface area contributed by atoms with Crippen LogP contribution in [0.25, 0.3) is 0 Å². The number of carbonyl (C=O) groups is 2. The second-order valence-electron chi connectivity index (χ2n) is 5.12. The molecule has 0 saturated heterocycles. The van der Waals surface area contributed by atoms with Crippen molar-refractivity contribution >= 4 is 11.8 Å². The molecule has 0 aromatic heterocycles. The highest BCUT2D eigenvalue weighted by molar-refractivity contribution is 5.97. The fraction of sp³-hybridized carbons (Fsp3) is 0.176. The lowest BCUT2D eigenvalue weighted by Crippen LogP contribution is -2.28. The van der Waals surface area contributed by atoms with Crippen molar-refractivity contribution in [2.24, 2.45) is 5.73 Å². The summed E-state index contributed by atoms with van der Waals surface area (Å²) in [6, 6.07) is 9.17. The minimum Gasteiger partial charge on any atom is -0.483 e. The van der Waals surface area contributed by atoms with Gasteiger partial charge in [-0.2, -0.15) is 0 Å². The van der Waals surface area contributed by atoms with Gasteiger partial charge in [-0.3, -0.25) is 9.59 Å². The molecule has 2 amide bonds. The summed E-state index contributed by atoms with van der Waals surface area (Å²) in [5.41, 5.74) is 5.64. The Kier molecular flexibility index (Phi) is 5.47. The summed E-state index contributed by atoms with van der Waals surface area (Å²) in [6.45, 7) is 1.28. The molecular weight excluding hydrogens is 318 g/mol. The van der Waals surface area contributed by atoms with Gasteiger partial charge in [-0.15, -0.1) is 0 Å². The van der Waals surface area contributed by atoms with E-state index in [1.165, 1.54) is 18.2 Å². The van der Waals surface area contributed by atoms with Crippen molar-refractivity contribution in [1.82, 2.24) is 5.32 Å². The van der Waals surface area contributed by atoms with E-state index >= 15 is 0 Å². The van der Waals surface area contributed by atoms with Crippen molar-refractivity contribution in [3.63, 3.8) is 0 Å². The maximum atomic E-state index is 13.3. The molecule has 2 rings (SSSR count). The highest BCUT2D eigenvalue weighted by atomic mass is 19.2. The first-order valence-corrected chi connectivity index (χ1v) is 7.14. The number of benzene rings is 2. The molecule has 126 valence electrons. The van der Waals surface area contributed by atoms with Gasteiger partial charge >= 0.3 is 0 Å². The summed E-state index contributed by atoms with van der Waals surface area (Å²) in [6.07, 6.45) is 0. The predicted molar refractivity (Wildman–Crippen MR) is 83.4 cm³/mol. The molecule has 0 bridgehead atoms. The van der Waals surface area contributed by atoms with Crippen LogP contribution >= 0.6 is 0 Å². The third-order valence-electron chi connectivity index (χ3n) is 3.29. The Morgan fingerprint density at radius 2 is 1.88 bits per heavy atom. The van der Waals surface area contributed by atoms with Gasteiger partial charge in [0.25, 0.3) is 11.8 Å². The van der Waals surface area contributed by atoms with Crippen molar-refractivity contribution in [3.8, 4) is 5.75 Å². The van der Waals surface area contributed by atoms with Gasteiger partial charge in [0.15, 0.2) is 18.2 Å². The average Bonchev–Trinajstić information content (AvgIpc) is 2.55. The number of hydrogen-bond acceptors (Lipinski definition) is 3. The quantitative estimate of drug-likeness (QED) is 0.851. The highest BCUT2D eigenvalue weighted by Gasteiger charge is 2.17. The third kappa shape index (κ3) is 4.28. The van der Waals surface area contributed by atoms with Crippen LogP contribution in [-0.2, 0) is 4.79 Å². The zero-order valence-corrected chi connectivity index (χ0v) is 12.9. The normalized spacial score (nSPS) is 11.6. The summed E-state index contributed by atoms with van der Waals surface area (Å²) in [4.78, 5) is 23.2. The summed E-state index contributed by atoms with van der Waals surface area (Å²) in [5.74, 6) is -2.89. The molecule has 0 heterocycles. The second kappa shape index (κ2) is 7.54. The van der Waals surface area contributed by atoms with E-state index in [0.717, 1.165) is 12.1 Å². The predicted octanol–water partition coefficient (Wildman–Crippen LogP) is 2.32. The molecule has 5 nitrogen and oxygen atoms in total. The Balaban J connectivity index is 2.14. The number of nitrogens with one attached hydrogen (secondary N) is 1. The zero-order chi connectivity index (χ0) is 17.7. The van der Waals surface area contributed by atoms with Gasteiger partial charge in [-0.1, -0.05) is 18.2 Å². The molecule has 1 unspecified atom stereocenters. The van der Waals surface area contributed by atoms with Crippen LogP contribution in [-0.4, -0.2) is 18.4 Å². The number of ether oxygens (including phenoxy) is 1. The van der Waals surface area contributed by atoms with E-state index in [1.807, 2.05) is 0 Å². The van der Waals surface area contributed by atoms with E-state index in [0.29, 0.717) is 5.56 Å². The largest absolute Gasteiger partial charge is 0.483 e. The fourth-order valence-electron chi connectivity index (χ4n) is 2.07. The molecule has 3 N–H and O–H groups in total. The first-order chi connectivity index (χ1) is 11.4. The number of halogens is 2. The lowest BCUT2D eigenvalue weighted by atomic mass is 10.1. The maximum Gasteiger partial charge on any atom is 0.255 e. The number of para-hydroxylation sites is 1. The summed E-state index contributed by atoms with van der Waals surface area (Å²) < 4.78 is 31.5. The van der Waals surface area contributed by atoms with Crippen LogP contribution in [0, 0.1) is 11.6 Å². The number of primary amides is 1. The SMILES string of the molecule is CC(NC(=O)c1ccccc1OCC(N)=O)c1ccc(F)c(F)c1. The van der Waals surface area contributed by atoms with Crippen LogP contribution < -0.4 is 15.8 Å². The molecule has 7 heteroatoms. The van der Waals surface area contributed by atoms with Crippen LogP contribution in [0.15, 0.2) is 42.5 Å². The standard InChI is InChI=1S/C17H16F2N2O3/c1-10(11-6-7-13(18)14(19)8-11)21-17(23)12-4-2-3-5-15(12)24-9-16(20)22/h2-8,10H,9H2,1H3,(H2,20,22)(H,21,23). The average molecular weight is 334 g/mol. The number of nitrogens with two attached hydrogens (primary N) is 1. The van der Waals surface area contributed by atoms with Crippen molar-refractivity contribution in [2.45, 2.75) is 13.0 Å². The number of hydrogen-bond donors (Lipinski definition) is 2. The monoisotopic (exact) mass is 334 g/mol. The van der Waals surface area contributed by atoms with Gasteiger partial charge in [0.2, 0.25) is 0 Å². The molecule has 1 atom stereocenters. The Morgan fingerprint density at radius 1 is 1.17 bits per heavy atom. The Hall–Kier alpha value is -2.96. The van der Waals surface area contributed by atoms with Crippen molar-refractivity contribution in [2.75, 3.05) is 6.61 Å². The summed E-state index contributed by atoms with van der Waals surface area (Å²) >= 11 is 0. The molecular formula is C17H16F2N2O3. The lowest BCUT2D eigenvalue weighted by molar-refractivity contribution is -0.119. The first kappa shape index (κ1) is 17.4. The van der Waals surface area contributed by atoms with Crippen LogP contribution in [0.1, 0.15) is 28.9 Å². The topological polar surface area (TPSA) is 81.4 Å². The van der Waals surface area contributed by atoms with Crippen LogP contribution in [0.2, 0.25) is 0 Å². The molecule has 0 spiro atoms. The molecule has 0 aliphatic heterocycles. The van der Waals surface area contributed by atoms with Crippen molar-refractivity contribution in [1.29, 1.82) is 0 Å². The minimum atomic E-state index is -0.987. The molecule has 0 aliphatic rings. The van der Waals surface area contributed by atoms with Crippen molar-refractivity contribution in [3.05, 3.63) is 65.2 Å². The van der Waals surface area contributed by atoms with Crippen LogP contribution in [0.4, 0.5) is 8.78 Å². The maximum absolute atomic E-state index is 13.3. The molecule has 2 aromatic carbocycles. The Labute approximate surface area is 137 Å². The highest BCUT2D eigenvalue weighted by Crippen LogP contribution is 2.20. The smallest absolute Gasteiger partial charge is 0.255 e. The van der Waals surface area contributed by atoms with E-state index in [4.69, 9.17) is 10.5 Å². The van der Waals surface area contributed by atoms with E-state index in [1.54, 1.807) is 19.1 Å². The minimum absolute atomic E-state index is 0.200. The fourth-order valence-corrected chi connectivity index (χ4v) is 2.07. The number of carbonyl (C=O) groups excluding carboxylic acids is 2. The van der Waals surface area contributed by atoms with Gasteiger partial charge in [0.05, 0.1) is 11.6 Å². The first-order valence-electron chi connectivity index (χ1n) is 7.14. The second-order valence-corrected chi connectivity index (χ2v) is 5.12. The molecule has 0 saturated carbocycles.